The highest BCUT2D eigenvalue weighted by atomic mass is 35.5. The van der Waals surface area contributed by atoms with E-state index >= 15 is 0 Å². The Labute approximate surface area is 227 Å². The second-order valence-corrected chi connectivity index (χ2v) is 10.1. The van der Waals surface area contributed by atoms with Crippen LogP contribution in [0.15, 0.2) is 109 Å². The first-order valence-corrected chi connectivity index (χ1v) is 12.9. The molecule has 1 atom stereocenters. The summed E-state index contributed by atoms with van der Waals surface area (Å²) in [6.45, 7) is 0. The Kier molecular flexibility index (Phi) is 6.15. The van der Waals surface area contributed by atoms with Crippen LogP contribution in [-0.4, -0.2) is 21.8 Å². The first-order chi connectivity index (χ1) is 18.5. The molecule has 1 unspecified atom stereocenters. The van der Waals surface area contributed by atoms with Gasteiger partial charge in [0, 0.05) is 10.6 Å². The Hall–Kier alpha value is -4.46. The number of nitrogens with zero attached hydrogens (tertiary/aromatic N) is 2. The minimum Gasteiger partial charge on any atom is -0.507 e. The van der Waals surface area contributed by atoms with Gasteiger partial charge in [-0.05, 0) is 48.0 Å². The third-order valence-electron chi connectivity index (χ3n) is 6.19. The molecule has 1 fully saturated rings. The highest BCUT2D eigenvalue weighted by Crippen LogP contribution is 2.45. The number of ketones is 1. The van der Waals surface area contributed by atoms with Crippen LogP contribution in [0.25, 0.3) is 16.0 Å². The zero-order valence-electron chi connectivity index (χ0n) is 19.7. The Bertz CT molecular complexity index is 1720. The molecule has 0 spiro atoms. The first-order valence-electron chi connectivity index (χ1n) is 11.7. The van der Waals surface area contributed by atoms with Crippen LogP contribution < -0.4 is 9.64 Å². The summed E-state index contributed by atoms with van der Waals surface area (Å²) in [5.74, 6) is -0.647. The second-order valence-electron chi connectivity index (χ2n) is 8.63. The molecule has 0 aliphatic carbocycles. The van der Waals surface area contributed by atoms with Crippen molar-refractivity contribution in [3.8, 4) is 11.5 Å². The number of para-hydroxylation sites is 1. The fourth-order valence-electron chi connectivity index (χ4n) is 4.46. The van der Waals surface area contributed by atoms with E-state index in [9.17, 15) is 14.7 Å². The van der Waals surface area contributed by atoms with E-state index in [1.807, 2.05) is 36.4 Å². The van der Waals surface area contributed by atoms with Crippen LogP contribution in [0.4, 0.5) is 5.13 Å². The average molecular weight is 539 g/mol. The largest absolute Gasteiger partial charge is 0.507 e. The van der Waals surface area contributed by atoms with E-state index < -0.39 is 17.7 Å². The number of amides is 1. The van der Waals surface area contributed by atoms with Crippen LogP contribution in [-0.2, 0) is 9.59 Å². The van der Waals surface area contributed by atoms with Crippen molar-refractivity contribution in [1.82, 2.24) is 4.98 Å². The number of aliphatic hydroxyl groups excluding tert-OH is 1. The van der Waals surface area contributed by atoms with E-state index in [4.69, 9.17) is 16.3 Å². The van der Waals surface area contributed by atoms with Crippen molar-refractivity contribution in [2.45, 2.75) is 6.04 Å². The number of halogens is 1. The summed E-state index contributed by atoms with van der Waals surface area (Å²) in [7, 11) is 0. The van der Waals surface area contributed by atoms with Crippen LogP contribution in [0, 0.1) is 0 Å². The summed E-state index contributed by atoms with van der Waals surface area (Å²) in [6, 6.07) is 29.5. The molecule has 38 heavy (non-hydrogen) atoms. The summed E-state index contributed by atoms with van der Waals surface area (Å²) in [5.41, 5.74) is 1.66. The molecule has 1 saturated heterocycles. The van der Waals surface area contributed by atoms with Crippen LogP contribution in [0.5, 0.6) is 11.5 Å². The zero-order chi connectivity index (χ0) is 26.2. The quantitative estimate of drug-likeness (QED) is 0.143. The van der Waals surface area contributed by atoms with E-state index in [1.54, 1.807) is 66.7 Å². The van der Waals surface area contributed by atoms with Crippen molar-refractivity contribution in [3.05, 3.63) is 125 Å². The molecule has 1 aliphatic rings. The monoisotopic (exact) mass is 538 g/mol. The van der Waals surface area contributed by atoms with Crippen molar-refractivity contribution in [1.29, 1.82) is 0 Å². The number of benzene rings is 4. The molecule has 1 N–H and O–H groups in total. The molecule has 0 saturated carbocycles. The Morgan fingerprint density at radius 3 is 2.34 bits per heavy atom. The number of carbonyl (C=O) groups is 2. The number of rotatable bonds is 5. The van der Waals surface area contributed by atoms with Gasteiger partial charge >= 0.3 is 5.91 Å². The zero-order valence-corrected chi connectivity index (χ0v) is 21.3. The number of thiazole rings is 1. The topological polar surface area (TPSA) is 79.7 Å². The molecule has 1 aliphatic heterocycles. The van der Waals surface area contributed by atoms with E-state index in [-0.39, 0.29) is 11.3 Å². The Balaban J connectivity index is 1.52. The lowest BCUT2D eigenvalue weighted by atomic mass is 9.95. The number of carbonyl (C=O) groups excluding carboxylic acids is 2. The smallest absolute Gasteiger partial charge is 0.301 e. The average Bonchev–Trinajstić information content (AvgIpc) is 3.47. The maximum Gasteiger partial charge on any atom is 0.301 e. The third-order valence-corrected chi connectivity index (χ3v) is 7.44. The summed E-state index contributed by atoms with van der Waals surface area (Å²) in [4.78, 5) is 32.9. The second kappa shape index (κ2) is 9.78. The molecule has 2 heterocycles. The number of fused-ring (bicyclic) bond motifs is 1. The van der Waals surface area contributed by atoms with Gasteiger partial charge in [-0.1, -0.05) is 83.6 Å². The fraction of sp³-hybridized carbons (Fsp3) is 0.0333. The lowest BCUT2D eigenvalue weighted by Crippen LogP contribution is -2.29. The van der Waals surface area contributed by atoms with Gasteiger partial charge in [-0.15, -0.1) is 0 Å². The highest BCUT2D eigenvalue weighted by molar-refractivity contribution is 7.22. The van der Waals surface area contributed by atoms with E-state index in [0.717, 1.165) is 4.70 Å². The van der Waals surface area contributed by atoms with Crippen molar-refractivity contribution in [3.63, 3.8) is 0 Å². The normalized spacial score (nSPS) is 16.8. The lowest BCUT2D eigenvalue weighted by molar-refractivity contribution is -0.132. The molecule has 1 aromatic heterocycles. The van der Waals surface area contributed by atoms with Gasteiger partial charge in [0.25, 0.3) is 5.78 Å². The molecule has 4 aromatic carbocycles. The highest BCUT2D eigenvalue weighted by Gasteiger charge is 2.48. The maximum atomic E-state index is 13.5. The number of aromatic nitrogens is 1. The molecule has 186 valence electrons. The van der Waals surface area contributed by atoms with Crippen LogP contribution in [0.3, 0.4) is 0 Å². The summed E-state index contributed by atoms with van der Waals surface area (Å²) >= 11 is 7.42. The molecule has 1 amide bonds. The van der Waals surface area contributed by atoms with Crippen molar-refractivity contribution >= 4 is 55.7 Å². The van der Waals surface area contributed by atoms with Gasteiger partial charge in [0.2, 0.25) is 0 Å². The molecular formula is C30H19ClN2O4S. The minimum absolute atomic E-state index is 0.0182. The maximum absolute atomic E-state index is 13.5. The third kappa shape index (κ3) is 4.32. The van der Waals surface area contributed by atoms with E-state index in [2.05, 4.69) is 4.98 Å². The molecule has 6 rings (SSSR count). The minimum atomic E-state index is -0.925. The van der Waals surface area contributed by atoms with Gasteiger partial charge in [0.1, 0.15) is 17.3 Å². The van der Waals surface area contributed by atoms with E-state index in [0.29, 0.717) is 38.3 Å². The summed E-state index contributed by atoms with van der Waals surface area (Å²) in [5, 5.41) is 12.2. The van der Waals surface area contributed by atoms with Gasteiger partial charge in [-0.3, -0.25) is 14.5 Å². The van der Waals surface area contributed by atoms with Crippen LogP contribution >= 0.6 is 22.9 Å². The van der Waals surface area contributed by atoms with Crippen molar-refractivity contribution in [2.24, 2.45) is 0 Å². The van der Waals surface area contributed by atoms with Crippen molar-refractivity contribution < 1.29 is 19.4 Å². The number of anilines is 1. The standard InChI is InChI=1S/C30H19ClN2O4S/c31-20-14-15-23-24(17-20)38-30(32-23)33-26(19-10-7-13-22(16-19)37-21-11-5-2-6-12-21)25(28(35)29(33)36)27(34)18-8-3-1-4-9-18/h1-17,26,34H/b27-25+. The number of hydrogen-bond acceptors (Lipinski definition) is 6. The van der Waals surface area contributed by atoms with Crippen LogP contribution in [0.1, 0.15) is 17.2 Å². The number of hydrogen-bond donors (Lipinski definition) is 1. The number of Topliss-reactive ketones (excluding diaryl/α,β-unsaturated/α-hetero) is 1. The molecule has 5 aromatic rings. The van der Waals surface area contributed by atoms with Gasteiger partial charge in [0.05, 0.1) is 21.8 Å². The molecule has 0 radical (unpaired) electrons. The SMILES string of the molecule is O=C1C(=O)N(c2nc3ccc(Cl)cc3s2)C(c2cccc(Oc3ccccc3)c2)/C1=C(\O)c1ccccc1. The molecule has 8 heteroatoms. The predicted molar refractivity (Wildman–Crippen MR) is 149 cm³/mol. The van der Waals surface area contributed by atoms with Crippen LogP contribution in [0.2, 0.25) is 5.02 Å². The fourth-order valence-corrected chi connectivity index (χ4v) is 5.73. The van der Waals surface area contributed by atoms with Gasteiger partial charge in [-0.25, -0.2) is 4.98 Å². The van der Waals surface area contributed by atoms with Gasteiger partial charge in [0.15, 0.2) is 5.13 Å². The molecule has 6 nitrogen and oxygen atoms in total. The van der Waals surface area contributed by atoms with Gasteiger partial charge < -0.3 is 9.84 Å². The predicted octanol–water partition coefficient (Wildman–Crippen LogP) is 7.37. The summed E-state index contributed by atoms with van der Waals surface area (Å²) in [6.07, 6.45) is 0. The lowest BCUT2D eigenvalue weighted by Gasteiger charge is -2.23. The molecule has 0 bridgehead atoms. The number of ether oxygens (including phenoxy) is 1. The Morgan fingerprint density at radius 2 is 1.58 bits per heavy atom. The summed E-state index contributed by atoms with van der Waals surface area (Å²) < 4.78 is 6.80. The molecular weight excluding hydrogens is 520 g/mol. The first kappa shape index (κ1) is 23.9. The van der Waals surface area contributed by atoms with Crippen molar-refractivity contribution in [2.75, 3.05) is 4.90 Å². The Morgan fingerprint density at radius 1 is 0.868 bits per heavy atom. The van der Waals surface area contributed by atoms with Gasteiger partial charge in [-0.2, -0.15) is 0 Å². The number of aliphatic hydroxyl groups is 1. The van der Waals surface area contributed by atoms with E-state index in [1.165, 1.54) is 16.2 Å².